The van der Waals surface area contributed by atoms with Crippen LogP contribution in [-0.2, 0) is 9.53 Å². The molecule has 1 heterocycles. The van der Waals surface area contributed by atoms with Crippen LogP contribution in [0, 0.1) is 11.3 Å². The molecule has 1 saturated heterocycles. The number of morpholine rings is 1. The van der Waals surface area contributed by atoms with Crippen molar-refractivity contribution in [3.63, 3.8) is 0 Å². The predicted molar refractivity (Wildman–Crippen MR) is 60.2 cm³/mol. The fourth-order valence-electron chi connectivity index (χ4n) is 1.49. The molecule has 1 unspecified atom stereocenters. The summed E-state index contributed by atoms with van der Waals surface area (Å²) < 4.78 is 5.16. The number of nitriles is 1. The summed E-state index contributed by atoms with van der Waals surface area (Å²) >= 11 is 0. The molecule has 5 nitrogen and oxygen atoms in total. The first-order chi connectivity index (χ1) is 7.61. The third-order valence-corrected chi connectivity index (χ3v) is 2.78. The van der Waals surface area contributed by atoms with Crippen molar-refractivity contribution in [2.45, 2.75) is 25.3 Å². The summed E-state index contributed by atoms with van der Waals surface area (Å²) in [6.07, 6.45) is 0.756. The van der Waals surface area contributed by atoms with E-state index in [0.717, 1.165) is 0 Å². The molecule has 5 heteroatoms. The topological polar surface area (TPSA) is 65.7 Å². The molecule has 1 fully saturated rings. The van der Waals surface area contributed by atoms with Gasteiger partial charge >= 0.3 is 0 Å². The number of hydrogen-bond donors (Lipinski definition) is 0. The normalized spacial score (nSPS) is 19.6. The predicted octanol–water partition coefficient (Wildman–Crippen LogP) is 0.608. The van der Waals surface area contributed by atoms with Gasteiger partial charge in [0.05, 0.1) is 19.3 Å². The number of nitrogens with zero attached hydrogens (tertiary/aromatic N) is 3. The van der Waals surface area contributed by atoms with Crippen molar-refractivity contribution in [3.05, 3.63) is 0 Å². The van der Waals surface area contributed by atoms with Crippen LogP contribution in [0.3, 0.4) is 0 Å². The average Bonchev–Trinajstić information content (AvgIpc) is 2.36. The molecular weight excluding hydrogens is 206 g/mol. The molecule has 0 aliphatic carbocycles. The van der Waals surface area contributed by atoms with E-state index in [1.165, 1.54) is 0 Å². The van der Waals surface area contributed by atoms with Crippen molar-refractivity contribution in [3.8, 4) is 6.07 Å². The highest BCUT2D eigenvalue weighted by atomic mass is 16.5. The number of carbonyl (C=O) groups excluding carboxylic acids is 1. The smallest absolute Gasteiger partial charge is 0.222 e. The van der Waals surface area contributed by atoms with Crippen molar-refractivity contribution in [1.82, 2.24) is 4.90 Å². The molecule has 1 aliphatic rings. The first-order valence-electron chi connectivity index (χ1n) is 5.36. The van der Waals surface area contributed by atoms with E-state index >= 15 is 0 Å². The molecule has 0 aromatic carbocycles. The molecule has 16 heavy (non-hydrogen) atoms. The minimum Gasteiger partial charge on any atom is -0.378 e. The van der Waals surface area contributed by atoms with E-state index in [9.17, 15) is 4.79 Å². The van der Waals surface area contributed by atoms with Gasteiger partial charge in [-0.05, 0) is 20.1 Å². The maximum absolute atomic E-state index is 11.8. The zero-order valence-electron chi connectivity index (χ0n) is 9.61. The molecule has 0 spiro atoms. The van der Waals surface area contributed by atoms with Crippen LogP contribution in [0.1, 0.15) is 19.8 Å². The summed E-state index contributed by atoms with van der Waals surface area (Å²) in [5, 5.41) is 8.88. The molecule has 1 aliphatic heterocycles. The first kappa shape index (κ1) is 12.7. The van der Waals surface area contributed by atoms with Crippen LogP contribution in [-0.4, -0.2) is 49.4 Å². The minimum atomic E-state index is -0.845. The van der Waals surface area contributed by atoms with Crippen molar-refractivity contribution >= 4 is 12.6 Å². The van der Waals surface area contributed by atoms with Gasteiger partial charge in [0.25, 0.3) is 0 Å². The van der Waals surface area contributed by atoms with Gasteiger partial charge in [-0.2, -0.15) is 5.26 Å². The van der Waals surface area contributed by atoms with Gasteiger partial charge in [0.2, 0.25) is 5.91 Å². The van der Waals surface area contributed by atoms with Crippen molar-refractivity contribution in [2.75, 3.05) is 26.3 Å². The Morgan fingerprint density at radius 1 is 1.62 bits per heavy atom. The molecule has 0 saturated carbocycles. The summed E-state index contributed by atoms with van der Waals surface area (Å²) in [4.78, 5) is 17.3. The lowest BCUT2D eigenvalue weighted by Gasteiger charge is -2.27. The second-order valence-corrected chi connectivity index (χ2v) is 4.04. The van der Waals surface area contributed by atoms with Crippen LogP contribution in [0.15, 0.2) is 4.99 Å². The monoisotopic (exact) mass is 223 g/mol. The lowest BCUT2D eigenvalue weighted by Crippen LogP contribution is -2.41. The van der Waals surface area contributed by atoms with Crippen LogP contribution in [0.25, 0.3) is 0 Å². The molecule has 1 amide bonds. The van der Waals surface area contributed by atoms with Crippen LogP contribution in [0.5, 0.6) is 0 Å². The Kier molecular flexibility index (Phi) is 4.44. The summed E-state index contributed by atoms with van der Waals surface area (Å²) in [5.41, 5.74) is -0.845. The SMILES string of the molecule is C=NC(C)(C#N)CCC(=O)N1CCOCC1. The number of carbonyl (C=O) groups is 1. The lowest BCUT2D eigenvalue weighted by molar-refractivity contribution is -0.135. The Morgan fingerprint density at radius 3 is 2.75 bits per heavy atom. The molecule has 0 N–H and O–H groups in total. The fraction of sp³-hybridized carbons (Fsp3) is 0.727. The van der Waals surface area contributed by atoms with E-state index < -0.39 is 5.54 Å². The minimum absolute atomic E-state index is 0.0634. The molecule has 1 atom stereocenters. The summed E-state index contributed by atoms with van der Waals surface area (Å²) in [6.45, 7) is 7.55. The van der Waals surface area contributed by atoms with E-state index in [-0.39, 0.29) is 5.91 Å². The zero-order chi connectivity index (χ0) is 12.0. The zero-order valence-corrected chi connectivity index (χ0v) is 9.61. The molecule has 0 aromatic heterocycles. The van der Waals surface area contributed by atoms with Gasteiger partial charge in [0.15, 0.2) is 0 Å². The van der Waals surface area contributed by atoms with Crippen LogP contribution in [0.2, 0.25) is 0 Å². The maximum atomic E-state index is 11.8. The fourth-order valence-corrected chi connectivity index (χ4v) is 1.49. The third kappa shape index (κ3) is 3.31. The number of rotatable bonds is 4. The number of ether oxygens (including phenoxy) is 1. The van der Waals surface area contributed by atoms with E-state index in [1.54, 1.807) is 11.8 Å². The van der Waals surface area contributed by atoms with E-state index in [4.69, 9.17) is 10.00 Å². The van der Waals surface area contributed by atoms with Crippen LogP contribution in [0.4, 0.5) is 0 Å². The highest BCUT2D eigenvalue weighted by molar-refractivity contribution is 5.76. The highest BCUT2D eigenvalue weighted by Gasteiger charge is 2.24. The van der Waals surface area contributed by atoms with Gasteiger partial charge in [0.1, 0.15) is 5.54 Å². The van der Waals surface area contributed by atoms with E-state index in [1.807, 2.05) is 0 Å². The van der Waals surface area contributed by atoms with Gasteiger partial charge in [0, 0.05) is 19.5 Å². The van der Waals surface area contributed by atoms with E-state index in [2.05, 4.69) is 17.8 Å². The second-order valence-electron chi connectivity index (χ2n) is 4.04. The maximum Gasteiger partial charge on any atom is 0.222 e. The Labute approximate surface area is 95.7 Å². The van der Waals surface area contributed by atoms with Gasteiger partial charge in [-0.1, -0.05) is 0 Å². The van der Waals surface area contributed by atoms with Gasteiger partial charge in [-0.15, -0.1) is 0 Å². The van der Waals surface area contributed by atoms with E-state index in [0.29, 0.717) is 39.1 Å². The number of amides is 1. The Bertz CT molecular complexity index is 305. The molecule has 0 bridgehead atoms. The lowest BCUT2D eigenvalue weighted by atomic mass is 9.98. The Hall–Kier alpha value is -1.41. The molecule has 1 rings (SSSR count). The molecule has 0 aromatic rings. The average molecular weight is 223 g/mol. The largest absolute Gasteiger partial charge is 0.378 e. The highest BCUT2D eigenvalue weighted by Crippen LogP contribution is 2.16. The standard InChI is InChI=1S/C11H17N3O2/c1-11(9-12,13-2)4-3-10(15)14-5-7-16-8-6-14/h2-8H2,1H3. The van der Waals surface area contributed by atoms with Crippen molar-refractivity contribution in [1.29, 1.82) is 5.26 Å². The second kappa shape index (κ2) is 5.61. The van der Waals surface area contributed by atoms with Crippen LogP contribution < -0.4 is 0 Å². The Balaban J connectivity index is 2.40. The van der Waals surface area contributed by atoms with Crippen molar-refractivity contribution < 1.29 is 9.53 Å². The van der Waals surface area contributed by atoms with Gasteiger partial charge in [-0.25, -0.2) is 0 Å². The summed E-state index contributed by atoms with van der Waals surface area (Å²) in [7, 11) is 0. The number of aliphatic imine (C=N–C) groups is 1. The third-order valence-electron chi connectivity index (χ3n) is 2.78. The molecular formula is C11H17N3O2. The summed E-state index contributed by atoms with van der Waals surface area (Å²) in [5.74, 6) is 0.0634. The van der Waals surface area contributed by atoms with Gasteiger partial charge in [-0.3, -0.25) is 9.79 Å². The van der Waals surface area contributed by atoms with Crippen LogP contribution >= 0.6 is 0 Å². The van der Waals surface area contributed by atoms with Gasteiger partial charge < -0.3 is 9.64 Å². The first-order valence-corrected chi connectivity index (χ1v) is 5.36. The Morgan fingerprint density at radius 2 is 2.25 bits per heavy atom. The molecule has 88 valence electrons. The quantitative estimate of drug-likeness (QED) is 0.656. The molecule has 0 radical (unpaired) electrons. The van der Waals surface area contributed by atoms with Crippen molar-refractivity contribution in [2.24, 2.45) is 4.99 Å². The summed E-state index contributed by atoms with van der Waals surface area (Å²) in [6, 6.07) is 2.06. The number of hydrogen-bond acceptors (Lipinski definition) is 4.